The first-order valence-corrected chi connectivity index (χ1v) is 4.66. The van der Waals surface area contributed by atoms with Crippen molar-refractivity contribution in [1.29, 1.82) is 0 Å². The second-order valence-electron chi connectivity index (χ2n) is 3.86. The van der Waals surface area contributed by atoms with E-state index in [-0.39, 0.29) is 12.5 Å². The molecule has 1 heterocycles. The van der Waals surface area contributed by atoms with E-state index in [4.69, 9.17) is 5.11 Å². The average Bonchev–Trinajstić information content (AvgIpc) is 1.99. The minimum absolute atomic E-state index is 0.187. The lowest BCUT2D eigenvalue weighted by molar-refractivity contribution is -0.138. The van der Waals surface area contributed by atoms with Gasteiger partial charge in [0.1, 0.15) is 6.61 Å². The van der Waals surface area contributed by atoms with Crippen LogP contribution in [0.2, 0.25) is 0 Å². The Hall–Kier alpha value is -0.610. The van der Waals surface area contributed by atoms with Crippen molar-refractivity contribution in [1.82, 2.24) is 9.80 Å². The summed E-state index contributed by atoms with van der Waals surface area (Å²) in [5, 5.41) is 8.64. The van der Waals surface area contributed by atoms with Crippen LogP contribution >= 0.6 is 0 Å². The smallest absolute Gasteiger partial charge is 0.248 e. The van der Waals surface area contributed by atoms with Gasteiger partial charge in [0.15, 0.2) is 0 Å². The molecule has 1 aliphatic rings. The van der Waals surface area contributed by atoms with Gasteiger partial charge in [-0.1, -0.05) is 0 Å². The molecule has 0 unspecified atom stereocenters. The van der Waals surface area contributed by atoms with Crippen LogP contribution in [0, 0.1) is 0 Å². The van der Waals surface area contributed by atoms with E-state index in [1.54, 1.807) is 11.9 Å². The topological polar surface area (TPSA) is 43.8 Å². The first kappa shape index (κ1) is 10.5. The number of hydrogen-bond acceptors (Lipinski definition) is 3. The van der Waals surface area contributed by atoms with Crippen LogP contribution in [-0.2, 0) is 4.79 Å². The van der Waals surface area contributed by atoms with Crippen LogP contribution in [0.1, 0.15) is 13.8 Å². The van der Waals surface area contributed by atoms with E-state index in [1.807, 2.05) is 0 Å². The molecule has 13 heavy (non-hydrogen) atoms. The van der Waals surface area contributed by atoms with Crippen molar-refractivity contribution in [2.75, 3.05) is 26.7 Å². The number of nitrogens with zero attached hydrogens (tertiary/aromatic N) is 2. The second kappa shape index (κ2) is 4.07. The number of likely N-dealkylation sites (N-methyl/N-ethyl adjacent to an activating group) is 1. The molecule has 0 bridgehead atoms. The highest BCUT2D eigenvalue weighted by Crippen LogP contribution is 2.16. The van der Waals surface area contributed by atoms with Crippen molar-refractivity contribution in [3.05, 3.63) is 0 Å². The zero-order valence-corrected chi connectivity index (χ0v) is 8.53. The van der Waals surface area contributed by atoms with E-state index in [1.165, 1.54) is 0 Å². The maximum atomic E-state index is 11.1. The van der Waals surface area contributed by atoms with Crippen molar-refractivity contribution >= 4 is 5.91 Å². The number of amides is 1. The quantitative estimate of drug-likeness (QED) is 0.648. The summed E-state index contributed by atoms with van der Waals surface area (Å²) in [7, 11) is 1.75. The summed E-state index contributed by atoms with van der Waals surface area (Å²) >= 11 is 0. The van der Waals surface area contributed by atoms with Gasteiger partial charge in [0.2, 0.25) is 5.91 Å². The van der Waals surface area contributed by atoms with Crippen molar-refractivity contribution < 1.29 is 9.90 Å². The van der Waals surface area contributed by atoms with E-state index in [9.17, 15) is 4.79 Å². The average molecular weight is 186 g/mol. The zero-order valence-electron chi connectivity index (χ0n) is 8.53. The molecule has 0 atom stereocenters. The molecule has 4 heteroatoms. The summed E-state index contributed by atoms with van der Waals surface area (Å²) in [6.07, 6.45) is 0. The normalized spacial score (nSPS) is 18.8. The first-order valence-electron chi connectivity index (χ1n) is 4.66. The summed E-state index contributed by atoms with van der Waals surface area (Å²) in [6, 6.07) is 0.843. The van der Waals surface area contributed by atoms with Crippen LogP contribution in [0.3, 0.4) is 0 Å². The summed E-state index contributed by atoms with van der Waals surface area (Å²) in [6.45, 7) is 5.77. The van der Waals surface area contributed by atoms with E-state index in [0.29, 0.717) is 12.1 Å². The molecule has 1 rings (SSSR count). The molecule has 1 amide bonds. The maximum Gasteiger partial charge on any atom is 0.248 e. The molecule has 1 N–H and O–H groups in total. The molecule has 0 spiro atoms. The van der Waals surface area contributed by atoms with Gasteiger partial charge in [-0.25, -0.2) is 0 Å². The molecule has 0 aromatic carbocycles. The zero-order chi connectivity index (χ0) is 10.0. The van der Waals surface area contributed by atoms with Crippen molar-refractivity contribution in [2.24, 2.45) is 0 Å². The Balaban J connectivity index is 2.30. The predicted molar refractivity (Wildman–Crippen MR) is 50.4 cm³/mol. The SMILES string of the molecule is CC(C)N1CC(N(C)C(=O)CO)C1. The molecular formula is C9H18N2O2. The first-order chi connectivity index (χ1) is 6.06. The Morgan fingerprint density at radius 1 is 1.62 bits per heavy atom. The Morgan fingerprint density at radius 3 is 2.54 bits per heavy atom. The molecule has 1 fully saturated rings. The summed E-state index contributed by atoms with van der Waals surface area (Å²) in [4.78, 5) is 15.0. The minimum atomic E-state index is -0.380. The molecule has 0 saturated carbocycles. The fourth-order valence-electron chi connectivity index (χ4n) is 1.47. The Morgan fingerprint density at radius 2 is 2.15 bits per heavy atom. The lowest BCUT2D eigenvalue weighted by atomic mass is 10.1. The fourth-order valence-corrected chi connectivity index (χ4v) is 1.47. The third-order valence-electron chi connectivity index (χ3n) is 2.70. The van der Waals surface area contributed by atoms with Crippen LogP contribution in [0.15, 0.2) is 0 Å². The molecule has 0 aromatic heterocycles. The lowest BCUT2D eigenvalue weighted by Gasteiger charge is -2.46. The minimum Gasteiger partial charge on any atom is -0.387 e. The third-order valence-corrected chi connectivity index (χ3v) is 2.70. The van der Waals surface area contributed by atoms with Gasteiger partial charge >= 0.3 is 0 Å². The molecule has 0 radical (unpaired) electrons. The van der Waals surface area contributed by atoms with Crippen LogP contribution in [0.4, 0.5) is 0 Å². The number of carbonyl (C=O) groups is 1. The molecule has 0 aliphatic carbocycles. The highest BCUT2D eigenvalue weighted by Gasteiger charge is 2.32. The summed E-state index contributed by atoms with van der Waals surface area (Å²) in [5.74, 6) is -0.187. The van der Waals surface area contributed by atoms with Gasteiger partial charge in [0.25, 0.3) is 0 Å². The number of carbonyl (C=O) groups excluding carboxylic acids is 1. The van der Waals surface area contributed by atoms with Crippen molar-refractivity contribution in [3.63, 3.8) is 0 Å². The van der Waals surface area contributed by atoms with Gasteiger partial charge in [-0.15, -0.1) is 0 Å². The van der Waals surface area contributed by atoms with Crippen molar-refractivity contribution in [3.8, 4) is 0 Å². The Kier molecular flexibility index (Phi) is 3.27. The number of likely N-dealkylation sites (tertiary alicyclic amines) is 1. The molecule has 0 aromatic rings. The lowest BCUT2D eigenvalue weighted by Crippen LogP contribution is -2.61. The third kappa shape index (κ3) is 2.19. The number of rotatable bonds is 3. The van der Waals surface area contributed by atoms with E-state index < -0.39 is 0 Å². The van der Waals surface area contributed by atoms with E-state index in [0.717, 1.165) is 13.1 Å². The monoisotopic (exact) mass is 186 g/mol. The van der Waals surface area contributed by atoms with Gasteiger partial charge in [-0.3, -0.25) is 9.69 Å². The molecular weight excluding hydrogens is 168 g/mol. The van der Waals surface area contributed by atoms with Crippen LogP contribution in [-0.4, -0.2) is 59.6 Å². The molecule has 1 aliphatic heterocycles. The van der Waals surface area contributed by atoms with Gasteiger partial charge in [-0.05, 0) is 13.8 Å². The van der Waals surface area contributed by atoms with Gasteiger partial charge < -0.3 is 10.0 Å². The van der Waals surface area contributed by atoms with Gasteiger partial charge in [0, 0.05) is 26.2 Å². The van der Waals surface area contributed by atoms with Crippen molar-refractivity contribution in [2.45, 2.75) is 25.9 Å². The predicted octanol–water partition coefficient (Wildman–Crippen LogP) is -0.470. The fraction of sp³-hybridized carbons (Fsp3) is 0.889. The van der Waals surface area contributed by atoms with Crippen LogP contribution in [0.25, 0.3) is 0 Å². The second-order valence-corrected chi connectivity index (χ2v) is 3.86. The van der Waals surface area contributed by atoms with Crippen LogP contribution < -0.4 is 0 Å². The maximum absolute atomic E-state index is 11.1. The van der Waals surface area contributed by atoms with Gasteiger partial charge in [-0.2, -0.15) is 0 Å². The van der Waals surface area contributed by atoms with Gasteiger partial charge in [0.05, 0.1) is 6.04 Å². The number of aliphatic hydroxyl groups is 1. The Labute approximate surface area is 79.1 Å². The Bertz CT molecular complexity index is 188. The molecule has 4 nitrogen and oxygen atoms in total. The standard InChI is InChI=1S/C9H18N2O2/c1-7(2)11-4-8(5-11)10(3)9(13)6-12/h7-8,12H,4-6H2,1-3H3. The largest absolute Gasteiger partial charge is 0.387 e. The summed E-state index contributed by atoms with van der Waals surface area (Å²) < 4.78 is 0. The summed E-state index contributed by atoms with van der Waals surface area (Å²) in [5.41, 5.74) is 0. The van der Waals surface area contributed by atoms with E-state index in [2.05, 4.69) is 18.7 Å². The number of aliphatic hydroxyl groups excluding tert-OH is 1. The number of hydrogen-bond donors (Lipinski definition) is 1. The van der Waals surface area contributed by atoms with E-state index >= 15 is 0 Å². The highest BCUT2D eigenvalue weighted by molar-refractivity contribution is 5.77. The highest BCUT2D eigenvalue weighted by atomic mass is 16.3. The van der Waals surface area contributed by atoms with Crippen LogP contribution in [0.5, 0.6) is 0 Å². The molecule has 76 valence electrons. The molecule has 1 saturated heterocycles.